The Kier molecular flexibility index (Phi) is 4.97. The summed E-state index contributed by atoms with van der Waals surface area (Å²) >= 11 is 0. The van der Waals surface area contributed by atoms with E-state index < -0.39 is 9.84 Å². The van der Waals surface area contributed by atoms with Crippen LogP contribution in [0.4, 0.5) is 0 Å². The minimum Gasteiger partial charge on any atom is -0.489 e. The van der Waals surface area contributed by atoms with Crippen molar-refractivity contribution >= 4 is 9.84 Å². The summed E-state index contributed by atoms with van der Waals surface area (Å²) in [5, 5.41) is 0. The molecule has 6 heteroatoms. The van der Waals surface area contributed by atoms with Crippen LogP contribution in [-0.2, 0) is 29.1 Å². The zero-order valence-electron chi connectivity index (χ0n) is 15.7. The van der Waals surface area contributed by atoms with Crippen molar-refractivity contribution in [2.24, 2.45) is 7.05 Å². The zero-order chi connectivity index (χ0) is 19.1. The fraction of sp³-hybridized carbons (Fsp3) is 0.450. The number of sulfone groups is 1. The zero-order valence-corrected chi connectivity index (χ0v) is 16.5. The van der Waals surface area contributed by atoms with Gasteiger partial charge in [0.2, 0.25) is 0 Å². The van der Waals surface area contributed by atoms with Gasteiger partial charge in [0, 0.05) is 42.1 Å². The van der Waals surface area contributed by atoms with Crippen molar-refractivity contribution in [2.75, 3.05) is 5.75 Å². The molecule has 1 aromatic carbocycles. The molecule has 5 nitrogen and oxygen atoms in total. The monoisotopic (exact) mass is 375 g/mol. The van der Waals surface area contributed by atoms with Crippen LogP contribution < -0.4 is 10.3 Å². The third-order valence-corrected chi connectivity index (χ3v) is 6.57. The molecule has 0 N–H and O–H groups in total. The van der Waals surface area contributed by atoms with Crippen molar-refractivity contribution in [1.82, 2.24) is 4.57 Å². The predicted octanol–water partition coefficient (Wildman–Crippen LogP) is 3.01. The van der Waals surface area contributed by atoms with E-state index in [0.717, 1.165) is 40.8 Å². The topological polar surface area (TPSA) is 65.4 Å². The van der Waals surface area contributed by atoms with Crippen LogP contribution in [0.5, 0.6) is 5.75 Å². The highest BCUT2D eigenvalue weighted by molar-refractivity contribution is 7.90. The van der Waals surface area contributed by atoms with Gasteiger partial charge in [0.05, 0.1) is 5.75 Å². The summed E-state index contributed by atoms with van der Waals surface area (Å²) in [6, 6.07) is 5.69. The van der Waals surface area contributed by atoms with E-state index >= 15 is 0 Å². The van der Waals surface area contributed by atoms with Crippen LogP contribution in [0.2, 0.25) is 0 Å². The van der Waals surface area contributed by atoms with Crippen molar-refractivity contribution in [3.63, 3.8) is 0 Å². The lowest BCUT2D eigenvalue weighted by Gasteiger charge is -2.14. The van der Waals surface area contributed by atoms with Gasteiger partial charge < -0.3 is 9.30 Å². The van der Waals surface area contributed by atoms with E-state index in [4.69, 9.17) is 4.74 Å². The summed E-state index contributed by atoms with van der Waals surface area (Å²) in [4.78, 5) is 12.0. The Bertz CT molecular complexity index is 979. The molecule has 0 aliphatic carbocycles. The Labute approximate surface area is 154 Å². The Morgan fingerprint density at radius 2 is 1.96 bits per heavy atom. The number of aromatic nitrogens is 1. The lowest BCUT2D eigenvalue weighted by molar-refractivity contribution is 0.229. The molecular weight excluding hydrogens is 350 g/mol. The number of rotatable bonds is 5. The molecule has 0 saturated heterocycles. The summed E-state index contributed by atoms with van der Waals surface area (Å²) in [7, 11) is -1.40. The molecule has 1 aliphatic heterocycles. The summed E-state index contributed by atoms with van der Waals surface area (Å²) in [5.74, 6) is 0.949. The van der Waals surface area contributed by atoms with E-state index in [2.05, 4.69) is 6.92 Å². The number of hydrogen-bond donors (Lipinski definition) is 0. The highest BCUT2D eigenvalue weighted by Gasteiger charge is 2.26. The maximum Gasteiger partial charge on any atom is 0.253 e. The lowest BCUT2D eigenvalue weighted by atomic mass is 9.98. The molecule has 0 bridgehead atoms. The molecule has 26 heavy (non-hydrogen) atoms. The molecular formula is C20H25NO4S. The van der Waals surface area contributed by atoms with E-state index in [9.17, 15) is 13.2 Å². The van der Waals surface area contributed by atoms with E-state index in [-0.39, 0.29) is 23.2 Å². The SMILES string of the molecule is CCC1Cc2cc(CS(=O)(=O)CC)cc(-c3cc(C)c(=O)n(C)c3)c2O1. The number of benzene rings is 1. The van der Waals surface area contributed by atoms with E-state index in [1.165, 1.54) is 0 Å². The van der Waals surface area contributed by atoms with Crippen molar-refractivity contribution < 1.29 is 13.2 Å². The molecule has 0 radical (unpaired) electrons. The fourth-order valence-electron chi connectivity index (χ4n) is 3.41. The maximum absolute atomic E-state index is 12.1. The van der Waals surface area contributed by atoms with Crippen LogP contribution in [0.15, 0.2) is 29.2 Å². The molecule has 1 atom stereocenters. The fourth-order valence-corrected chi connectivity index (χ4v) is 4.28. The van der Waals surface area contributed by atoms with Crippen molar-refractivity contribution in [3.05, 3.63) is 51.4 Å². The molecule has 1 aromatic heterocycles. The molecule has 140 valence electrons. The van der Waals surface area contributed by atoms with Crippen LogP contribution in [-0.4, -0.2) is 24.8 Å². The molecule has 3 rings (SSSR count). The van der Waals surface area contributed by atoms with Gasteiger partial charge in [-0.1, -0.05) is 19.9 Å². The Morgan fingerprint density at radius 1 is 1.23 bits per heavy atom. The Hall–Kier alpha value is -2.08. The second-order valence-electron chi connectivity index (χ2n) is 6.99. The smallest absolute Gasteiger partial charge is 0.253 e. The van der Waals surface area contributed by atoms with Gasteiger partial charge in [-0.3, -0.25) is 4.79 Å². The molecule has 1 aliphatic rings. The molecule has 0 saturated carbocycles. The average molecular weight is 375 g/mol. The van der Waals surface area contributed by atoms with Crippen LogP contribution in [0.25, 0.3) is 11.1 Å². The molecule has 1 unspecified atom stereocenters. The number of ether oxygens (including phenoxy) is 1. The Balaban J connectivity index is 2.18. The minimum atomic E-state index is -3.13. The second-order valence-corrected chi connectivity index (χ2v) is 9.34. The van der Waals surface area contributed by atoms with E-state index in [1.807, 2.05) is 18.2 Å². The first kappa shape index (κ1) is 18.7. The van der Waals surface area contributed by atoms with Crippen LogP contribution >= 0.6 is 0 Å². The highest BCUT2D eigenvalue weighted by atomic mass is 32.2. The first-order valence-corrected chi connectivity index (χ1v) is 10.8. The first-order chi connectivity index (χ1) is 12.2. The number of fused-ring (bicyclic) bond motifs is 1. The molecule has 2 heterocycles. The van der Waals surface area contributed by atoms with Crippen LogP contribution in [0, 0.1) is 6.92 Å². The lowest BCUT2D eigenvalue weighted by Crippen LogP contribution is -2.18. The second kappa shape index (κ2) is 6.91. The quantitative estimate of drug-likeness (QED) is 0.806. The van der Waals surface area contributed by atoms with Crippen LogP contribution in [0.1, 0.15) is 37.0 Å². The van der Waals surface area contributed by atoms with Gasteiger partial charge in [-0.2, -0.15) is 0 Å². The van der Waals surface area contributed by atoms with E-state index in [1.54, 1.807) is 31.7 Å². The van der Waals surface area contributed by atoms with Gasteiger partial charge in [0.1, 0.15) is 11.9 Å². The average Bonchev–Trinajstić information content (AvgIpc) is 3.01. The minimum absolute atomic E-state index is 0.0192. The van der Waals surface area contributed by atoms with Gasteiger partial charge >= 0.3 is 0 Å². The van der Waals surface area contributed by atoms with Crippen molar-refractivity contribution in [2.45, 2.75) is 45.5 Å². The molecule has 0 amide bonds. The summed E-state index contributed by atoms with van der Waals surface area (Å²) in [6.45, 7) is 5.53. The van der Waals surface area contributed by atoms with E-state index in [0.29, 0.717) is 5.56 Å². The Morgan fingerprint density at radius 3 is 2.58 bits per heavy atom. The van der Waals surface area contributed by atoms with Crippen LogP contribution in [0.3, 0.4) is 0 Å². The first-order valence-electron chi connectivity index (χ1n) is 8.94. The number of nitrogens with zero attached hydrogens (tertiary/aromatic N) is 1. The van der Waals surface area contributed by atoms with Gasteiger partial charge in [-0.05, 0) is 36.6 Å². The largest absolute Gasteiger partial charge is 0.489 e. The third kappa shape index (κ3) is 3.56. The van der Waals surface area contributed by atoms with Gasteiger partial charge in [-0.15, -0.1) is 0 Å². The summed E-state index contributed by atoms with van der Waals surface area (Å²) < 4.78 is 31.9. The number of pyridine rings is 1. The third-order valence-electron chi connectivity index (χ3n) is 4.91. The van der Waals surface area contributed by atoms with Crippen molar-refractivity contribution in [1.29, 1.82) is 0 Å². The van der Waals surface area contributed by atoms with Crippen molar-refractivity contribution in [3.8, 4) is 16.9 Å². The number of hydrogen-bond acceptors (Lipinski definition) is 4. The van der Waals surface area contributed by atoms with Gasteiger partial charge in [0.25, 0.3) is 5.56 Å². The van der Waals surface area contributed by atoms with Gasteiger partial charge in [-0.25, -0.2) is 8.42 Å². The highest BCUT2D eigenvalue weighted by Crippen LogP contribution is 2.40. The summed E-state index contributed by atoms with van der Waals surface area (Å²) in [6.07, 6.45) is 3.56. The maximum atomic E-state index is 12.1. The molecule has 2 aromatic rings. The van der Waals surface area contributed by atoms with Gasteiger partial charge in [0.15, 0.2) is 9.84 Å². The normalized spacial score (nSPS) is 16.4. The molecule has 0 spiro atoms. The molecule has 0 fully saturated rings. The standard InChI is InChI=1S/C20H25NO4S/c1-5-17-10-15-8-14(12-26(23,24)6-2)9-18(19(15)25-17)16-7-13(3)20(22)21(4)11-16/h7-9,11,17H,5-6,10,12H2,1-4H3. The number of aryl methyl sites for hydroxylation is 2. The predicted molar refractivity (Wildman–Crippen MR) is 103 cm³/mol. The summed E-state index contributed by atoms with van der Waals surface area (Å²) in [5.41, 5.74) is 4.15.